The lowest BCUT2D eigenvalue weighted by Gasteiger charge is -2.23. The Kier molecular flexibility index (Phi) is 9.58. The van der Waals surface area contributed by atoms with E-state index in [2.05, 4.69) is 27.9 Å². The molecule has 124 valence electrons. The molecule has 6 heteroatoms. The number of carbonyl (C=O) groups is 1. The van der Waals surface area contributed by atoms with Crippen molar-refractivity contribution < 1.29 is 9.53 Å². The fourth-order valence-electron chi connectivity index (χ4n) is 1.74. The van der Waals surface area contributed by atoms with E-state index >= 15 is 0 Å². The molecule has 0 aliphatic carbocycles. The summed E-state index contributed by atoms with van der Waals surface area (Å²) in [5.41, 5.74) is -0.483. The number of carbonyl (C=O) groups excluding carboxylic acids is 1. The summed E-state index contributed by atoms with van der Waals surface area (Å²) in [5.74, 6) is 0.770. The first-order chi connectivity index (χ1) is 9.82. The molecular formula is C15H32N4O2. The molecule has 0 aromatic carbocycles. The molecule has 0 aromatic rings. The van der Waals surface area contributed by atoms with Gasteiger partial charge in [0.25, 0.3) is 0 Å². The molecule has 0 aliphatic heterocycles. The number of rotatable bonds is 7. The van der Waals surface area contributed by atoms with Crippen molar-refractivity contribution >= 4 is 12.1 Å². The van der Waals surface area contributed by atoms with Crippen molar-refractivity contribution in [3.05, 3.63) is 0 Å². The van der Waals surface area contributed by atoms with Gasteiger partial charge >= 0.3 is 6.09 Å². The van der Waals surface area contributed by atoms with Crippen molar-refractivity contribution in [2.75, 3.05) is 19.6 Å². The van der Waals surface area contributed by atoms with Crippen LogP contribution >= 0.6 is 0 Å². The maximum absolute atomic E-state index is 11.8. The molecule has 1 atom stereocenters. The van der Waals surface area contributed by atoms with E-state index < -0.39 is 5.60 Å². The summed E-state index contributed by atoms with van der Waals surface area (Å²) in [6.45, 7) is 13.8. The molecule has 0 aromatic heterocycles. The number of nitrogens with zero attached hydrogens (tertiary/aromatic N) is 1. The van der Waals surface area contributed by atoms with Crippen LogP contribution in [0.3, 0.4) is 0 Å². The molecule has 21 heavy (non-hydrogen) atoms. The van der Waals surface area contributed by atoms with Crippen molar-refractivity contribution in [3.63, 3.8) is 0 Å². The Bertz CT molecular complexity index is 316. The number of guanidine groups is 1. The van der Waals surface area contributed by atoms with Crippen LogP contribution in [0, 0.1) is 0 Å². The summed E-state index contributed by atoms with van der Waals surface area (Å²) in [6.07, 6.45) is 1.46. The Labute approximate surface area is 129 Å². The molecule has 0 radical (unpaired) electrons. The highest BCUT2D eigenvalue weighted by atomic mass is 16.6. The molecule has 0 saturated carbocycles. The van der Waals surface area contributed by atoms with Crippen LogP contribution in [0.2, 0.25) is 0 Å². The van der Waals surface area contributed by atoms with Gasteiger partial charge in [0.2, 0.25) is 0 Å². The molecule has 0 rings (SSSR count). The van der Waals surface area contributed by atoms with Crippen LogP contribution in [0.25, 0.3) is 0 Å². The van der Waals surface area contributed by atoms with Gasteiger partial charge in [-0.1, -0.05) is 13.3 Å². The largest absolute Gasteiger partial charge is 0.444 e. The van der Waals surface area contributed by atoms with Gasteiger partial charge in [0.1, 0.15) is 5.60 Å². The van der Waals surface area contributed by atoms with Crippen molar-refractivity contribution in [2.45, 2.75) is 66.0 Å². The zero-order valence-corrected chi connectivity index (χ0v) is 14.4. The van der Waals surface area contributed by atoms with Crippen molar-refractivity contribution in [2.24, 2.45) is 4.99 Å². The quantitative estimate of drug-likeness (QED) is 0.498. The van der Waals surface area contributed by atoms with Gasteiger partial charge in [-0.3, -0.25) is 4.99 Å². The van der Waals surface area contributed by atoms with Crippen LogP contribution in [-0.4, -0.2) is 43.3 Å². The van der Waals surface area contributed by atoms with Gasteiger partial charge < -0.3 is 20.7 Å². The van der Waals surface area contributed by atoms with E-state index in [1.165, 1.54) is 0 Å². The van der Waals surface area contributed by atoms with Crippen molar-refractivity contribution in [3.8, 4) is 0 Å². The van der Waals surface area contributed by atoms with Crippen LogP contribution in [0.15, 0.2) is 4.99 Å². The Morgan fingerprint density at radius 1 is 1.14 bits per heavy atom. The van der Waals surface area contributed by atoms with Gasteiger partial charge in [0, 0.05) is 13.1 Å². The summed E-state index contributed by atoms with van der Waals surface area (Å²) >= 11 is 0. The predicted molar refractivity (Wildman–Crippen MR) is 87.7 cm³/mol. The molecule has 1 unspecified atom stereocenters. The second-order valence-corrected chi connectivity index (χ2v) is 5.88. The molecule has 0 bridgehead atoms. The number of aliphatic imine (C=N–C) groups is 1. The first-order valence-corrected chi connectivity index (χ1v) is 7.84. The molecule has 0 spiro atoms. The number of ether oxygens (including phenoxy) is 1. The van der Waals surface area contributed by atoms with Crippen molar-refractivity contribution in [1.29, 1.82) is 0 Å². The van der Waals surface area contributed by atoms with E-state index in [9.17, 15) is 4.79 Å². The Hall–Kier alpha value is -1.46. The minimum absolute atomic E-state index is 0.0165. The summed E-state index contributed by atoms with van der Waals surface area (Å²) in [6, 6.07) is -0.0165. The minimum atomic E-state index is -0.483. The Morgan fingerprint density at radius 3 is 2.14 bits per heavy atom. The standard InChI is InChI=1S/C15H32N4O2/c1-7-10-12(19-14(20)21-15(4,5)6)11-18-13(16-8-2)17-9-3/h12H,7-11H2,1-6H3,(H,19,20)(H2,16,17,18). The fourth-order valence-corrected chi connectivity index (χ4v) is 1.74. The molecule has 0 heterocycles. The van der Waals surface area contributed by atoms with Gasteiger partial charge in [-0.25, -0.2) is 4.79 Å². The van der Waals surface area contributed by atoms with Crippen LogP contribution in [-0.2, 0) is 4.74 Å². The van der Waals surface area contributed by atoms with E-state index in [1.807, 2.05) is 34.6 Å². The van der Waals surface area contributed by atoms with Crippen molar-refractivity contribution in [1.82, 2.24) is 16.0 Å². The van der Waals surface area contributed by atoms with E-state index in [4.69, 9.17) is 4.74 Å². The average Bonchev–Trinajstić information content (AvgIpc) is 2.34. The molecular weight excluding hydrogens is 268 g/mol. The minimum Gasteiger partial charge on any atom is -0.444 e. The third-order valence-electron chi connectivity index (χ3n) is 2.52. The van der Waals surface area contributed by atoms with Gasteiger partial charge in [0.15, 0.2) is 5.96 Å². The Balaban J connectivity index is 4.53. The van der Waals surface area contributed by atoms with E-state index in [0.29, 0.717) is 6.54 Å². The smallest absolute Gasteiger partial charge is 0.407 e. The second kappa shape index (κ2) is 10.3. The lowest BCUT2D eigenvalue weighted by molar-refractivity contribution is 0.0503. The first kappa shape index (κ1) is 19.5. The maximum atomic E-state index is 11.8. The molecule has 1 amide bonds. The number of hydrogen-bond donors (Lipinski definition) is 3. The molecule has 0 saturated heterocycles. The molecule has 6 nitrogen and oxygen atoms in total. The summed E-state index contributed by atoms with van der Waals surface area (Å²) in [4.78, 5) is 16.3. The fraction of sp³-hybridized carbons (Fsp3) is 0.867. The van der Waals surface area contributed by atoms with E-state index in [0.717, 1.165) is 31.9 Å². The lowest BCUT2D eigenvalue weighted by Crippen LogP contribution is -2.42. The molecule has 0 aliphatic rings. The highest BCUT2D eigenvalue weighted by molar-refractivity contribution is 5.79. The summed E-state index contributed by atoms with van der Waals surface area (Å²) in [7, 11) is 0. The zero-order chi connectivity index (χ0) is 16.3. The number of alkyl carbamates (subject to hydrolysis) is 1. The van der Waals surface area contributed by atoms with Crippen LogP contribution in [0.4, 0.5) is 4.79 Å². The first-order valence-electron chi connectivity index (χ1n) is 7.84. The van der Waals surface area contributed by atoms with Gasteiger partial charge in [-0.15, -0.1) is 0 Å². The third-order valence-corrected chi connectivity index (χ3v) is 2.52. The average molecular weight is 300 g/mol. The van der Waals surface area contributed by atoms with Gasteiger partial charge in [-0.2, -0.15) is 0 Å². The third kappa shape index (κ3) is 10.9. The van der Waals surface area contributed by atoms with Gasteiger partial charge in [0.05, 0.1) is 12.6 Å². The topological polar surface area (TPSA) is 74.8 Å². The normalized spacial score (nSPS) is 12.3. The number of amides is 1. The SMILES string of the molecule is CCCC(CN=C(NCC)NCC)NC(=O)OC(C)(C)C. The molecule has 3 N–H and O–H groups in total. The predicted octanol–water partition coefficient (Wildman–Crippen LogP) is 2.25. The zero-order valence-electron chi connectivity index (χ0n) is 14.4. The highest BCUT2D eigenvalue weighted by Gasteiger charge is 2.19. The summed E-state index contributed by atoms with van der Waals surface area (Å²) < 4.78 is 5.29. The van der Waals surface area contributed by atoms with Crippen LogP contribution in [0.5, 0.6) is 0 Å². The van der Waals surface area contributed by atoms with Gasteiger partial charge in [-0.05, 0) is 41.0 Å². The Morgan fingerprint density at radius 2 is 1.71 bits per heavy atom. The highest BCUT2D eigenvalue weighted by Crippen LogP contribution is 2.07. The number of hydrogen-bond acceptors (Lipinski definition) is 3. The van der Waals surface area contributed by atoms with Crippen LogP contribution in [0.1, 0.15) is 54.4 Å². The van der Waals surface area contributed by atoms with Crippen LogP contribution < -0.4 is 16.0 Å². The summed E-state index contributed by atoms with van der Waals surface area (Å²) in [5, 5.41) is 9.23. The monoisotopic (exact) mass is 300 g/mol. The number of nitrogens with one attached hydrogen (secondary N) is 3. The second-order valence-electron chi connectivity index (χ2n) is 5.88. The maximum Gasteiger partial charge on any atom is 0.407 e. The van der Waals surface area contributed by atoms with E-state index in [1.54, 1.807) is 0 Å². The van der Waals surface area contributed by atoms with E-state index in [-0.39, 0.29) is 12.1 Å². The lowest BCUT2D eigenvalue weighted by atomic mass is 10.1. The molecule has 0 fully saturated rings.